The van der Waals surface area contributed by atoms with Gasteiger partial charge in [0.25, 0.3) is 0 Å². The van der Waals surface area contributed by atoms with E-state index in [2.05, 4.69) is 52.4 Å². The van der Waals surface area contributed by atoms with E-state index in [1.165, 1.54) is 16.7 Å². The van der Waals surface area contributed by atoms with Gasteiger partial charge in [0.05, 0.1) is 12.1 Å². The molecule has 4 atom stereocenters. The van der Waals surface area contributed by atoms with Gasteiger partial charge in [-0.2, -0.15) is 0 Å². The molecule has 0 aromatic heterocycles. The number of ether oxygens (including phenoxy) is 2. The number of benzene rings is 1. The summed E-state index contributed by atoms with van der Waals surface area (Å²) >= 11 is 0. The van der Waals surface area contributed by atoms with Crippen LogP contribution in [0.25, 0.3) is 5.57 Å². The predicted molar refractivity (Wildman–Crippen MR) is 119 cm³/mol. The van der Waals surface area contributed by atoms with E-state index in [1.54, 1.807) is 0 Å². The minimum Gasteiger partial charge on any atom is -0.445 e. The molecule has 31 heavy (non-hydrogen) atoms. The first kappa shape index (κ1) is 20.9. The summed E-state index contributed by atoms with van der Waals surface area (Å²) in [6, 6.07) is 7.46. The molecule has 1 aromatic carbocycles. The number of rotatable bonds is 1. The van der Waals surface area contributed by atoms with Gasteiger partial charge in [-0.15, -0.1) is 0 Å². The monoisotopic (exact) mass is 426 g/mol. The minimum absolute atomic E-state index is 0.237. The van der Waals surface area contributed by atoms with Gasteiger partial charge in [-0.25, -0.2) is 10.2 Å². The highest BCUT2D eigenvalue weighted by Gasteiger charge is 2.41. The van der Waals surface area contributed by atoms with Crippen molar-refractivity contribution in [3.05, 3.63) is 41.0 Å². The van der Waals surface area contributed by atoms with E-state index in [4.69, 9.17) is 9.47 Å². The smallest absolute Gasteiger partial charge is 0.407 e. The van der Waals surface area contributed by atoms with Crippen LogP contribution in [0, 0.1) is 5.92 Å². The molecule has 7 nitrogen and oxygen atoms in total. The molecule has 1 saturated carbocycles. The van der Waals surface area contributed by atoms with Gasteiger partial charge in [0.15, 0.2) is 0 Å². The van der Waals surface area contributed by atoms with E-state index in [0.29, 0.717) is 31.2 Å². The van der Waals surface area contributed by atoms with Gasteiger partial charge < -0.3 is 19.7 Å². The first-order valence-corrected chi connectivity index (χ1v) is 11.7. The maximum atomic E-state index is 12.1. The summed E-state index contributed by atoms with van der Waals surface area (Å²) in [5.41, 5.74) is 12.1. The van der Waals surface area contributed by atoms with Crippen molar-refractivity contribution in [3.63, 3.8) is 0 Å². The molecule has 168 valence electrons. The predicted octanol–water partition coefficient (Wildman–Crippen LogP) is 2.74. The number of nitrogens with one attached hydrogen (secondary N) is 3. The van der Waals surface area contributed by atoms with Gasteiger partial charge in [0.2, 0.25) is 0 Å². The molecule has 3 N–H and O–H groups in total. The van der Waals surface area contributed by atoms with E-state index in [0.717, 1.165) is 50.8 Å². The summed E-state index contributed by atoms with van der Waals surface area (Å²) in [5, 5.41) is 2.85. The highest BCUT2D eigenvalue weighted by molar-refractivity contribution is 5.69. The number of carbonyl (C=O) groups excluding carboxylic acids is 1. The van der Waals surface area contributed by atoms with Crippen molar-refractivity contribution in [1.29, 1.82) is 0 Å². The second-order valence-electron chi connectivity index (χ2n) is 9.40. The Balaban J connectivity index is 1.48. The fourth-order valence-electron chi connectivity index (χ4n) is 5.41. The molecule has 4 aliphatic rings. The third kappa shape index (κ3) is 4.80. The van der Waals surface area contributed by atoms with Crippen molar-refractivity contribution in [2.75, 3.05) is 33.3 Å². The fourth-order valence-corrected chi connectivity index (χ4v) is 5.41. The van der Waals surface area contributed by atoms with Crippen molar-refractivity contribution in [1.82, 2.24) is 21.1 Å². The number of hydrazine groups is 1. The van der Waals surface area contributed by atoms with Crippen LogP contribution in [0.15, 0.2) is 24.3 Å². The van der Waals surface area contributed by atoms with Crippen molar-refractivity contribution in [3.8, 4) is 0 Å². The Bertz CT molecular complexity index is 842. The molecule has 1 amide bonds. The fraction of sp³-hybridized carbons (Fsp3) is 0.625. The lowest BCUT2D eigenvalue weighted by atomic mass is 9.77. The number of alkyl carbamates (subject to hydrolysis) is 1. The molecule has 2 fully saturated rings. The van der Waals surface area contributed by atoms with Crippen molar-refractivity contribution in [2.24, 2.45) is 5.92 Å². The molecular weight excluding hydrogens is 392 g/mol. The average molecular weight is 427 g/mol. The standard InChI is InChI=1S/C24H34N4O3/c1-28-8-5-17(6-9-28)18-11-16-12-19(13-18)23-21-14-20(3-4-22(21)26-27-23)30-10-2-7-25-24(29)31-15-16/h5,11-13,20-23,26-27H,2-4,6-10,14-15H2,1H3,(H,25,29). The Morgan fingerprint density at radius 2 is 2.10 bits per heavy atom. The zero-order valence-electron chi connectivity index (χ0n) is 18.4. The minimum atomic E-state index is -0.361. The lowest BCUT2D eigenvalue weighted by Crippen LogP contribution is -2.37. The van der Waals surface area contributed by atoms with Crippen LogP contribution in [0.3, 0.4) is 0 Å². The molecule has 3 aliphatic heterocycles. The summed E-state index contributed by atoms with van der Waals surface area (Å²) in [6.45, 7) is 3.58. The molecule has 0 radical (unpaired) electrons. The molecule has 7 heteroatoms. The van der Waals surface area contributed by atoms with Crippen LogP contribution in [-0.2, 0) is 16.1 Å². The van der Waals surface area contributed by atoms with Gasteiger partial charge in [-0.1, -0.05) is 12.1 Å². The number of carbonyl (C=O) groups is 1. The number of likely N-dealkylation sites (N-methyl/N-ethyl adjacent to an activating group) is 1. The molecule has 5 rings (SSSR count). The number of amides is 1. The van der Waals surface area contributed by atoms with Gasteiger partial charge in [-0.3, -0.25) is 5.43 Å². The van der Waals surface area contributed by atoms with Crippen molar-refractivity contribution >= 4 is 11.7 Å². The number of hydrogen-bond acceptors (Lipinski definition) is 6. The highest BCUT2D eigenvalue weighted by atomic mass is 16.5. The van der Waals surface area contributed by atoms with Crippen molar-refractivity contribution in [2.45, 2.75) is 56.9 Å². The molecule has 1 aromatic rings. The van der Waals surface area contributed by atoms with Crippen molar-refractivity contribution < 1.29 is 14.3 Å². The normalized spacial score (nSPS) is 32.3. The van der Waals surface area contributed by atoms with Crippen LogP contribution in [-0.4, -0.2) is 56.4 Å². The first-order valence-electron chi connectivity index (χ1n) is 11.7. The van der Waals surface area contributed by atoms with E-state index in [9.17, 15) is 4.79 Å². The Morgan fingerprint density at radius 1 is 1.16 bits per heavy atom. The second kappa shape index (κ2) is 9.28. The lowest BCUT2D eigenvalue weighted by molar-refractivity contribution is 0.00716. The summed E-state index contributed by atoms with van der Waals surface area (Å²) < 4.78 is 11.7. The van der Waals surface area contributed by atoms with E-state index < -0.39 is 0 Å². The largest absolute Gasteiger partial charge is 0.445 e. The summed E-state index contributed by atoms with van der Waals surface area (Å²) in [6.07, 6.45) is 7.38. The summed E-state index contributed by atoms with van der Waals surface area (Å²) in [4.78, 5) is 14.5. The SMILES string of the molecule is CN1CC=C(c2cc3cc(c2)C2NNC4CCC(CC42)OCCCNC(=O)OC3)CC1. The van der Waals surface area contributed by atoms with Gasteiger partial charge in [0.1, 0.15) is 6.61 Å². The first-order chi connectivity index (χ1) is 15.2. The van der Waals surface area contributed by atoms with E-state index in [1.807, 2.05) is 0 Å². The maximum absolute atomic E-state index is 12.1. The second-order valence-corrected chi connectivity index (χ2v) is 9.40. The molecule has 4 bridgehead atoms. The zero-order valence-corrected chi connectivity index (χ0v) is 18.4. The van der Waals surface area contributed by atoms with Crippen LogP contribution in [0.4, 0.5) is 4.79 Å². The number of fused-ring (bicyclic) bond motifs is 4. The summed E-state index contributed by atoms with van der Waals surface area (Å²) in [7, 11) is 2.16. The van der Waals surface area contributed by atoms with E-state index in [-0.39, 0.29) is 18.7 Å². The molecular formula is C24H34N4O3. The van der Waals surface area contributed by atoms with Crippen LogP contribution < -0.4 is 16.2 Å². The Hall–Kier alpha value is -1.93. The Morgan fingerprint density at radius 3 is 2.97 bits per heavy atom. The average Bonchev–Trinajstić information content (AvgIpc) is 3.20. The van der Waals surface area contributed by atoms with Gasteiger partial charge in [0, 0.05) is 32.3 Å². The summed E-state index contributed by atoms with van der Waals surface area (Å²) in [5.74, 6) is 0.499. The van der Waals surface area contributed by atoms with Crippen LogP contribution >= 0.6 is 0 Å². The third-order valence-corrected chi connectivity index (χ3v) is 7.18. The Kier molecular flexibility index (Phi) is 6.27. The number of nitrogens with zero attached hydrogens (tertiary/aromatic N) is 1. The topological polar surface area (TPSA) is 74.9 Å². The molecule has 0 spiro atoms. The molecule has 3 heterocycles. The quantitative estimate of drug-likeness (QED) is 0.641. The Labute approximate surface area is 184 Å². The number of hydrogen-bond donors (Lipinski definition) is 3. The van der Waals surface area contributed by atoms with Gasteiger partial charge >= 0.3 is 6.09 Å². The molecule has 1 aliphatic carbocycles. The maximum Gasteiger partial charge on any atom is 0.407 e. The van der Waals surface area contributed by atoms with Crippen LogP contribution in [0.1, 0.15) is 54.8 Å². The van der Waals surface area contributed by atoms with Gasteiger partial charge in [-0.05, 0) is 79.5 Å². The van der Waals surface area contributed by atoms with E-state index >= 15 is 0 Å². The lowest BCUT2D eigenvalue weighted by Gasteiger charge is -2.33. The molecule has 1 saturated heterocycles. The number of cyclic esters (lactones) is 1. The third-order valence-electron chi connectivity index (χ3n) is 7.18. The van der Waals surface area contributed by atoms with Crippen LogP contribution in [0.2, 0.25) is 0 Å². The highest BCUT2D eigenvalue weighted by Crippen LogP contribution is 2.40. The van der Waals surface area contributed by atoms with Crippen LogP contribution in [0.5, 0.6) is 0 Å². The zero-order chi connectivity index (χ0) is 21.2. The molecule has 4 unspecified atom stereocenters.